The number of sulfonamides is 1. The quantitative estimate of drug-likeness (QED) is 0.173. The average Bonchev–Trinajstić information content (AvgIpc) is 2.83. The maximum Gasteiger partial charge on any atom is 0.312 e. The van der Waals surface area contributed by atoms with Crippen molar-refractivity contribution >= 4 is 15.7 Å². The van der Waals surface area contributed by atoms with Gasteiger partial charge in [0.1, 0.15) is 13.3 Å². The predicted octanol–water partition coefficient (Wildman–Crippen LogP) is 5.15. The van der Waals surface area contributed by atoms with Gasteiger partial charge in [0.25, 0.3) is 0 Å². The highest BCUT2D eigenvalue weighted by Crippen LogP contribution is 2.29. The molecule has 200 valence electrons. The molecular weight excluding hydrogens is 480 g/mol. The highest BCUT2D eigenvalue weighted by Gasteiger charge is 2.24. The van der Waals surface area contributed by atoms with Crippen LogP contribution < -0.4 is 9.88 Å². The second-order valence-electron chi connectivity index (χ2n) is 9.34. The Kier molecular flexibility index (Phi) is 12.8. The average molecular weight is 520 g/mol. The maximum absolute atomic E-state index is 12.8. The monoisotopic (exact) mass is 519 g/mol. The molecule has 0 amide bonds. The SMILES string of the molecule is NS(=O)(=O)c1ccc(OCCCCCCCCCCC2CCN(C(CF)CF)CC2)c([N+](=O)[O-])c1. The molecule has 1 aliphatic heterocycles. The first-order valence-electron chi connectivity index (χ1n) is 12.6. The number of piperidine rings is 1. The molecular formula is C24H39F2N3O5S. The van der Waals surface area contributed by atoms with Crippen LogP contribution in [0.1, 0.15) is 70.6 Å². The van der Waals surface area contributed by atoms with Crippen LogP contribution in [0.5, 0.6) is 5.75 Å². The Balaban J connectivity index is 1.49. The topological polar surface area (TPSA) is 116 Å². The molecule has 1 aromatic carbocycles. The highest BCUT2D eigenvalue weighted by molar-refractivity contribution is 7.89. The molecule has 1 saturated heterocycles. The Morgan fingerprint density at radius 3 is 2.14 bits per heavy atom. The van der Waals surface area contributed by atoms with Gasteiger partial charge in [0.05, 0.1) is 22.5 Å². The number of benzene rings is 1. The Bertz CT molecular complexity index is 876. The largest absolute Gasteiger partial charge is 0.487 e. The lowest BCUT2D eigenvalue weighted by Crippen LogP contribution is -2.43. The van der Waals surface area contributed by atoms with Crippen molar-refractivity contribution in [3.05, 3.63) is 28.3 Å². The summed E-state index contributed by atoms with van der Waals surface area (Å²) >= 11 is 0. The molecule has 0 unspecified atom stereocenters. The van der Waals surface area contributed by atoms with Crippen LogP contribution >= 0.6 is 0 Å². The number of nitrogens with zero attached hydrogens (tertiary/aromatic N) is 2. The molecule has 0 atom stereocenters. The van der Waals surface area contributed by atoms with Crippen molar-refractivity contribution in [1.82, 2.24) is 4.90 Å². The third kappa shape index (κ3) is 10.3. The van der Waals surface area contributed by atoms with Crippen LogP contribution in [0.15, 0.2) is 23.1 Å². The van der Waals surface area contributed by atoms with Gasteiger partial charge in [0.15, 0.2) is 5.75 Å². The summed E-state index contributed by atoms with van der Waals surface area (Å²) < 4.78 is 53.9. The van der Waals surface area contributed by atoms with E-state index in [1.165, 1.54) is 44.2 Å². The number of nitrogens with two attached hydrogens (primary N) is 1. The fourth-order valence-corrected chi connectivity index (χ4v) is 5.09. The first-order chi connectivity index (χ1) is 16.8. The summed E-state index contributed by atoms with van der Waals surface area (Å²) in [5, 5.41) is 16.2. The van der Waals surface area contributed by atoms with Gasteiger partial charge in [-0.3, -0.25) is 15.0 Å². The third-order valence-electron chi connectivity index (χ3n) is 6.74. The van der Waals surface area contributed by atoms with Crippen LogP contribution in [0.4, 0.5) is 14.5 Å². The van der Waals surface area contributed by atoms with Gasteiger partial charge in [-0.2, -0.15) is 0 Å². The van der Waals surface area contributed by atoms with Crippen molar-refractivity contribution in [2.24, 2.45) is 11.1 Å². The van der Waals surface area contributed by atoms with E-state index in [9.17, 15) is 27.3 Å². The van der Waals surface area contributed by atoms with E-state index >= 15 is 0 Å². The van der Waals surface area contributed by atoms with Crippen molar-refractivity contribution in [3.63, 3.8) is 0 Å². The lowest BCUT2D eigenvalue weighted by molar-refractivity contribution is -0.386. The Morgan fingerprint density at radius 2 is 1.60 bits per heavy atom. The van der Waals surface area contributed by atoms with Crippen molar-refractivity contribution in [2.45, 2.75) is 81.6 Å². The molecule has 1 aliphatic rings. The molecule has 1 heterocycles. The summed E-state index contributed by atoms with van der Waals surface area (Å²) in [7, 11) is -4.02. The minimum absolute atomic E-state index is 0.0396. The number of likely N-dealkylation sites (tertiary alicyclic amines) is 1. The second-order valence-corrected chi connectivity index (χ2v) is 10.9. The van der Waals surface area contributed by atoms with Gasteiger partial charge < -0.3 is 4.74 Å². The molecule has 0 radical (unpaired) electrons. The van der Waals surface area contributed by atoms with Gasteiger partial charge in [-0.1, -0.05) is 51.4 Å². The van der Waals surface area contributed by atoms with E-state index in [0.29, 0.717) is 12.5 Å². The third-order valence-corrected chi connectivity index (χ3v) is 7.65. The summed E-state index contributed by atoms with van der Waals surface area (Å²) in [5.74, 6) is 0.718. The molecule has 2 N–H and O–H groups in total. The Morgan fingerprint density at radius 1 is 1.03 bits per heavy atom. The summed E-state index contributed by atoms with van der Waals surface area (Å²) in [4.78, 5) is 12.2. The Labute approximate surface area is 207 Å². The molecule has 1 fully saturated rings. The zero-order chi connectivity index (χ0) is 25.7. The van der Waals surface area contributed by atoms with Crippen LogP contribution in [-0.2, 0) is 10.0 Å². The standard InChI is InChI=1S/C24H39F2N3O5S/c25-18-21(19-26)28-14-12-20(13-15-28)9-7-5-3-1-2-4-6-8-16-34-24-11-10-22(35(27,32)33)17-23(24)29(30)31/h10-11,17,20-21H,1-9,12-16,18-19H2,(H2,27,32,33). The van der Waals surface area contributed by atoms with Gasteiger partial charge >= 0.3 is 5.69 Å². The van der Waals surface area contributed by atoms with E-state index in [0.717, 1.165) is 57.7 Å². The minimum atomic E-state index is -4.02. The van der Waals surface area contributed by atoms with Gasteiger partial charge in [-0.05, 0) is 50.4 Å². The number of hydrogen-bond acceptors (Lipinski definition) is 6. The van der Waals surface area contributed by atoms with Gasteiger partial charge in [0.2, 0.25) is 10.0 Å². The number of nitro groups is 1. The normalized spacial score (nSPS) is 15.5. The lowest BCUT2D eigenvalue weighted by Gasteiger charge is -2.35. The van der Waals surface area contributed by atoms with E-state index in [1.807, 2.05) is 4.90 Å². The predicted molar refractivity (Wildman–Crippen MR) is 132 cm³/mol. The number of primary sulfonamides is 1. The zero-order valence-electron chi connectivity index (χ0n) is 20.4. The number of hydrogen-bond donors (Lipinski definition) is 1. The first kappa shape index (κ1) is 29.4. The molecule has 0 aromatic heterocycles. The maximum atomic E-state index is 12.8. The molecule has 0 saturated carbocycles. The molecule has 0 spiro atoms. The summed E-state index contributed by atoms with van der Waals surface area (Å²) in [6.45, 7) is 0.732. The second kappa shape index (κ2) is 15.3. The fraction of sp³-hybridized carbons (Fsp3) is 0.750. The van der Waals surface area contributed by atoms with E-state index in [4.69, 9.17) is 9.88 Å². The smallest absolute Gasteiger partial charge is 0.312 e. The lowest BCUT2D eigenvalue weighted by atomic mass is 9.90. The zero-order valence-corrected chi connectivity index (χ0v) is 21.2. The van der Waals surface area contributed by atoms with Crippen molar-refractivity contribution < 1.29 is 26.9 Å². The van der Waals surface area contributed by atoms with Gasteiger partial charge in [-0.15, -0.1) is 0 Å². The number of nitro benzene ring substituents is 1. The number of alkyl halides is 2. The van der Waals surface area contributed by atoms with Crippen molar-refractivity contribution in [2.75, 3.05) is 33.0 Å². The number of unbranched alkanes of at least 4 members (excludes halogenated alkanes) is 7. The van der Waals surface area contributed by atoms with Crippen LogP contribution in [0.3, 0.4) is 0 Å². The fourth-order valence-electron chi connectivity index (χ4n) is 4.56. The van der Waals surface area contributed by atoms with Gasteiger partial charge in [0, 0.05) is 6.07 Å². The van der Waals surface area contributed by atoms with E-state index in [2.05, 4.69) is 0 Å². The van der Waals surface area contributed by atoms with E-state index in [-0.39, 0.29) is 10.6 Å². The van der Waals surface area contributed by atoms with Crippen LogP contribution in [0.25, 0.3) is 0 Å². The van der Waals surface area contributed by atoms with Crippen molar-refractivity contribution in [1.29, 1.82) is 0 Å². The van der Waals surface area contributed by atoms with Crippen LogP contribution in [-0.4, -0.2) is 57.3 Å². The van der Waals surface area contributed by atoms with Crippen molar-refractivity contribution in [3.8, 4) is 5.75 Å². The van der Waals surface area contributed by atoms with Crippen LogP contribution in [0.2, 0.25) is 0 Å². The first-order valence-corrected chi connectivity index (χ1v) is 14.1. The van der Waals surface area contributed by atoms with E-state index in [1.54, 1.807) is 0 Å². The number of halogens is 2. The van der Waals surface area contributed by atoms with E-state index < -0.39 is 40.0 Å². The van der Waals surface area contributed by atoms with Crippen LogP contribution in [0, 0.1) is 16.0 Å². The molecule has 8 nitrogen and oxygen atoms in total. The van der Waals surface area contributed by atoms with Gasteiger partial charge in [-0.25, -0.2) is 22.3 Å². The molecule has 35 heavy (non-hydrogen) atoms. The molecule has 0 aliphatic carbocycles. The molecule has 1 aromatic rings. The molecule has 2 rings (SSSR count). The molecule has 0 bridgehead atoms. The highest BCUT2D eigenvalue weighted by atomic mass is 32.2. The number of rotatable bonds is 17. The minimum Gasteiger partial charge on any atom is -0.487 e. The molecule has 11 heteroatoms. The summed E-state index contributed by atoms with van der Waals surface area (Å²) in [6.07, 6.45) is 12.0. The summed E-state index contributed by atoms with van der Waals surface area (Å²) in [5.41, 5.74) is -0.411. The summed E-state index contributed by atoms with van der Waals surface area (Å²) in [6, 6.07) is 2.84. The Hall–Kier alpha value is -1.85. The number of ether oxygens (including phenoxy) is 1.